The predicted molar refractivity (Wildman–Crippen MR) is 105 cm³/mol. The van der Waals surface area contributed by atoms with Crippen LogP contribution >= 0.6 is 11.6 Å². The molecule has 1 aromatic heterocycles. The lowest BCUT2D eigenvalue weighted by atomic mass is 10.1. The van der Waals surface area contributed by atoms with Crippen molar-refractivity contribution in [2.24, 2.45) is 13.0 Å². The molecule has 148 valence electrons. The Bertz CT molecular complexity index is 711. The van der Waals surface area contributed by atoms with Crippen molar-refractivity contribution in [3.8, 4) is 0 Å². The van der Waals surface area contributed by atoms with Gasteiger partial charge in [0.25, 0.3) is 5.91 Å². The molecule has 2 atom stereocenters. The maximum Gasteiger partial charge on any atom is 0.268 e. The van der Waals surface area contributed by atoms with E-state index in [0.717, 1.165) is 38.1 Å². The molecule has 2 aliphatic carbocycles. The van der Waals surface area contributed by atoms with Crippen molar-refractivity contribution in [2.45, 2.75) is 63.1 Å². The lowest BCUT2D eigenvalue weighted by Crippen LogP contribution is -2.45. The summed E-state index contributed by atoms with van der Waals surface area (Å²) < 4.78 is 1.75. The second kappa shape index (κ2) is 7.84. The van der Waals surface area contributed by atoms with Crippen LogP contribution in [0.1, 0.15) is 55.4 Å². The van der Waals surface area contributed by atoms with E-state index in [4.69, 9.17) is 11.6 Å². The molecule has 0 spiro atoms. The minimum absolute atomic E-state index is 0.0919. The maximum absolute atomic E-state index is 12.5. The smallest absolute Gasteiger partial charge is 0.268 e. The summed E-state index contributed by atoms with van der Waals surface area (Å²) in [6.45, 7) is 1.67. The third-order valence-corrected chi connectivity index (χ3v) is 6.21. The van der Waals surface area contributed by atoms with E-state index in [0.29, 0.717) is 41.8 Å². The van der Waals surface area contributed by atoms with Crippen LogP contribution in [0, 0.1) is 5.92 Å². The van der Waals surface area contributed by atoms with Crippen molar-refractivity contribution >= 4 is 23.4 Å². The first-order chi connectivity index (χ1) is 13.0. The van der Waals surface area contributed by atoms with E-state index in [1.165, 1.54) is 12.8 Å². The van der Waals surface area contributed by atoms with Crippen molar-refractivity contribution in [1.29, 1.82) is 0 Å². The zero-order chi connectivity index (χ0) is 19.0. The topological polar surface area (TPSA) is 66.4 Å². The number of carbonyl (C=O) groups excluding carboxylic acids is 2. The van der Waals surface area contributed by atoms with E-state index >= 15 is 0 Å². The number of likely N-dealkylation sites (tertiary alicyclic amines) is 1. The number of halogens is 1. The third-order valence-electron chi connectivity index (χ3n) is 6.00. The molecular formula is C20H29ClN4O2. The summed E-state index contributed by atoms with van der Waals surface area (Å²) in [5, 5.41) is 6.76. The van der Waals surface area contributed by atoms with Crippen molar-refractivity contribution in [3.05, 3.63) is 23.0 Å². The van der Waals surface area contributed by atoms with Crippen molar-refractivity contribution in [3.63, 3.8) is 0 Å². The van der Waals surface area contributed by atoms with Gasteiger partial charge in [-0.05, 0) is 50.5 Å². The van der Waals surface area contributed by atoms with E-state index in [2.05, 4.69) is 15.5 Å². The number of hydrogen-bond acceptors (Lipinski definition) is 3. The Hall–Kier alpha value is -1.53. The standard InChI is InChI=1S/C20H29ClN4O2/c1-24-12-14(21)8-18(24)20(27)22-10-17-7-6-16(25(17)11-13-2-3-13)9-19(26)23-15-4-5-15/h8,12-13,15-17H,2-7,9-11H2,1H3,(H,22,27)(H,23,26)/t16-,17+/m1/s1. The highest BCUT2D eigenvalue weighted by molar-refractivity contribution is 6.31. The molecule has 4 rings (SSSR count). The van der Waals surface area contributed by atoms with Crippen molar-refractivity contribution < 1.29 is 9.59 Å². The molecule has 7 heteroatoms. The summed E-state index contributed by atoms with van der Waals surface area (Å²) in [6.07, 6.45) is 9.21. The van der Waals surface area contributed by atoms with E-state index in [-0.39, 0.29) is 11.8 Å². The fourth-order valence-corrected chi connectivity index (χ4v) is 4.38. The number of aromatic nitrogens is 1. The monoisotopic (exact) mass is 392 g/mol. The molecule has 1 aromatic rings. The fourth-order valence-electron chi connectivity index (χ4n) is 4.13. The predicted octanol–water partition coefficient (Wildman–Crippen LogP) is 2.32. The third kappa shape index (κ3) is 4.85. The lowest BCUT2D eigenvalue weighted by molar-refractivity contribution is -0.122. The summed E-state index contributed by atoms with van der Waals surface area (Å²) in [7, 11) is 1.82. The van der Waals surface area contributed by atoms with Crippen LogP contribution in [0.25, 0.3) is 0 Å². The Balaban J connectivity index is 1.33. The minimum atomic E-state index is -0.0919. The summed E-state index contributed by atoms with van der Waals surface area (Å²) >= 11 is 5.99. The summed E-state index contributed by atoms with van der Waals surface area (Å²) in [6, 6.07) is 2.72. The second-order valence-electron chi connectivity index (χ2n) is 8.44. The van der Waals surface area contributed by atoms with Gasteiger partial charge in [-0.1, -0.05) is 11.6 Å². The van der Waals surface area contributed by atoms with Gasteiger partial charge >= 0.3 is 0 Å². The van der Waals surface area contributed by atoms with Crippen LogP contribution in [-0.4, -0.2) is 52.5 Å². The molecule has 0 bridgehead atoms. The summed E-state index contributed by atoms with van der Waals surface area (Å²) in [4.78, 5) is 27.3. The molecule has 1 saturated heterocycles. The first kappa shape index (κ1) is 18.8. The number of aryl methyl sites for hydroxylation is 1. The Morgan fingerprint density at radius 2 is 1.89 bits per heavy atom. The Labute approximate surface area is 165 Å². The maximum atomic E-state index is 12.5. The molecule has 2 heterocycles. The van der Waals surface area contributed by atoms with Gasteiger partial charge in [-0.25, -0.2) is 0 Å². The van der Waals surface area contributed by atoms with Crippen molar-refractivity contribution in [1.82, 2.24) is 20.1 Å². The van der Waals surface area contributed by atoms with Crippen LogP contribution in [0.4, 0.5) is 0 Å². The van der Waals surface area contributed by atoms with Crippen LogP contribution < -0.4 is 10.6 Å². The van der Waals surface area contributed by atoms with Gasteiger partial charge in [0.05, 0.1) is 5.02 Å². The van der Waals surface area contributed by atoms with Crippen LogP contribution in [0.5, 0.6) is 0 Å². The molecule has 0 aromatic carbocycles. The van der Waals surface area contributed by atoms with Crippen LogP contribution in [0.15, 0.2) is 12.3 Å². The number of nitrogens with one attached hydrogen (secondary N) is 2. The van der Waals surface area contributed by atoms with E-state index in [9.17, 15) is 9.59 Å². The van der Waals surface area contributed by atoms with Gasteiger partial charge < -0.3 is 15.2 Å². The van der Waals surface area contributed by atoms with Crippen molar-refractivity contribution in [2.75, 3.05) is 13.1 Å². The molecule has 1 aliphatic heterocycles. The molecule has 2 N–H and O–H groups in total. The average Bonchev–Trinajstić information content (AvgIpc) is 3.52. The molecule has 6 nitrogen and oxygen atoms in total. The van der Waals surface area contributed by atoms with Gasteiger partial charge in [-0.2, -0.15) is 0 Å². The molecule has 2 amide bonds. The number of amides is 2. The number of nitrogens with zero attached hydrogens (tertiary/aromatic N) is 2. The van der Waals surface area contributed by atoms with Crippen LogP contribution in [0.3, 0.4) is 0 Å². The van der Waals surface area contributed by atoms with Gasteiger partial charge in [0, 0.05) is 50.9 Å². The molecule has 3 fully saturated rings. The summed E-state index contributed by atoms with van der Waals surface area (Å²) in [5.74, 6) is 0.860. The SMILES string of the molecule is Cn1cc(Cl)cc1C(=O)NC[C@@H]1CC[C@H](CC(=O)NC2CC2)N1CC1CC1. The molecule has 2 saturated carbocycles. The first-order valence-electron chi connectivity index (χ1n) is 10.1. The first-order valence-corrected chi connectivity index (χ1v) is 10.5. The quantitative estimate of drug-likeness (QED) is 0.713. The van der Waals surface area contributed by atoms with Crippen LogP contribution in [0.2, 0.25) is 5.02 Å². The molecule has 3 aliphatic rings. The van der Waals surface area contributed by atoms with E-state index < -0.39 is 0 Å². The highest BCUT2D eigenvalue weighted by atomic mass is 35.5. The van der Waals surface area contributed by atoms with Gasteiger partial charge in [0.15, 0.2) is 0 Å². The number of rotatable bonds is 8. The highest BCUT2D eigenvalue weighted by Crippen LogP contribution is 2.35. The van der Waals surface area contributed by atoms with Crippen LogP contribution in [-0.2, 0) is 11.8 Å². The van der Waals surface area contributed by atoms with Gasteiger partial charge in [-0.3, -0.25) is 14.5 Å². The average molecular weight is 393 g/mol. The molecular weight excluding hydrogens is 364 g/mol. The van der Waals surface area contributed by atoms with Gasteiger partial charge in [0.1, 0.15) is 5.69 Å². The number of carbonyl (C=O) groups is 2. The van der Waals surface area contributed by atoms with Gasteiger partial charge in [0.2, 0.25) is 5.91 Å². The zero-order valence-corrected chi connectivity index (χ0v) is 16.7. The highest BCUT2D eigenvalue weighted by Gasteiger charge is 2.38. The Morgan fingerprint density at radius 3 is 2.52 bits per heavy atom. The normalized spacial score (nSPS) is 25.6. The second-order valence-corrected chi connectivity index (χ2v) is 8.87. The molecule has 27 heavy (non-hydrogen) atoms. The largest absolute Gasteiger partial charge is 0.353 e. The Morgan fingerprint density at radius 1 is 1.15 bits per heavy atom. The molecule has 0 unspecified atom stereocenters. The van der Waals surface area contributed by atoms with E-state index in [1.807, 2.05) is 7.05 Å². The van der Waals surface area contributed by atoms with Gasteiger partial charge in [-0.15, -0.1) is 0 Å². The Kier molecular flexibility index (Phi) is 5.46. The fraction of sp³-hybridized carbons (Fsp3) is 0.700. The summed E-state index contributed by atoms with van der Waals surface area (Å²) in [5.41, 5.74) is 0.576. The lowest BCUT2D eigenvalue weighted by Gasteiger charge is -2.30. The molecule has 0 radical (unpaired) electrons. The number of hydrogen-bond donors (Lipinski definition) is 2. The zero-order valence-electron chi connectivity index (χ0n) is 15.9. The minimum Gasteiger partial charge on any atom is -0.353 e. The van der Waals surface area contributed by atoms with E-state index in [1.54, 1.807) is 16.8 Å².